The van der Waals surface area contributed by atoms with Crippen LogP contribution in [-0.4, -0.2) is 15.0 Å². The number of fused-ring (bicyclic) bond motifs is 6. The quantitative estimate of drug-likeness (QED) is 0.161. The van der Waals surface area contributed by atoms with E-state index in [1.807, 2.05) is 66.7 Å². The zero-order chi connectivity index (χ0) is 41.0. The summed E-state index contributed by atoms with van der Waals surface area (Å²) >= 11 is 0. The van der Waals surface area contributed by atoms with Crippen molar-refractivity contribution in [3.8, 4) is 78.7 Å². The first-order valence-electron chi connectivity index (χ1n) is 20.7. The SMILES string of the molecule is c1ccc(-c2nc(-c3ccc4oc5cc(-c6ccccc6)c(-c6ccccc6)cc5c4c3)nc(-c3ccc4oc5cc(-c6ccccc6)c(-c6ccccc6)cc5c4c3)n2)cc1. The Labute approximate surface area is 357 Å². The lowest BCUT2D eigenvalue weighted by atomic mass is 9.92. The van der Waals surface area contributed by atoms with E-state index in [2.05, 4.69) is 146 Å². The molecule has 0 atom stereocenters. The number of rotatable bonds is 7. The molecule has 0 aliphatic rings. The summed E-state index contributed by atoms with van der Waals surface area (Å²) in [5.41, 5.74) is 15.0. The number of hydrogen-bond donors (Lipinski definition) is 0. The molecule has 0 saturated carbocycles. The second-order valence-electron chi connectivity index (χ2n) is 15.6. The van der Waals surface area contributed by atoms with E-state index in [0.29, 0.717) is 17.5 Å². The van der Waals surface area contributed by atoms with Crippen LogP contribution in [0.2, 0.25) is 0 Å². The predicted octanol–water partition coefficient (Wildman–Crippen LogP) is 15.3. The van der Waals surface area contributed by atoms with Gasteiger partial charge in [-0.2, -0.15) is 0 Å². The van der Waals surface area contributed by atoms with Crippen LogP contribution >= 0.6 is 0 Å². The Kier molecular flexibility index (Phi) is 8.42. The topological polar surface area (TPSA) is 65.0 Å². The maximum absolute atomic E-state index is 6.56. The Hall–Kier alpha value is -8.41. The van der Waals surface area contributed by atoms with Crippen LogP contribution in [0.15, 0.2) is 221 Å². The maximum Gasteiger partial charge on any atom is 0.164 e. The largest absolute Gasteiger partial charge is 0.456 e. The van der Waals surface area contributed by atoms with E-state index in [0.717, 1.165) is 105 Å². The highest BCUT2D eigenvalue weighted by atomic mass is 16.3. The Balaban J connectivity index is 1.02. The molecule has 0 fully saturated rings. The zero-order valence-corrected chi connectivity index (χ0v) is 33.4. The average Bonchev–Trinajstić information content (AvgIpc) is 3.91. The summed E-state index contributed by atoms with van der Waals surface area (Å²) in [4.78, 5) is 15.4. The van der Waals surface area contributed by atoms with Crippen molar-refractivity contribution in [1.29, 1.82) is 0 Å². The van der Waals surface area contributed by atoms with Crippen molar-refractivity contribution < 1.29 is 8.83 Å². The molecular weight excluding hydrogens is 759 g/mol. The Morgan fingerprint density at radius 2 is 0.516 bits per heavy atom. The summed E-state index contributed by atoms with van der Waals surface area (Å²) in [5, 5.41) is 4.04. The third-order valence-electron chi connectivity index (χ3n) is 11.7. The van der Waals surface area contributed by atoms with Crippen molar-refractivity contribution in [1.82, 2.24) is 15.0 Å². The molecule has 0 aliphatic carbocycles. The lowest BCUT2D eigenvalue weighted by molar-refractivity contribution is 0.669. The molecule has 0 amide bonds. The molecule has 0 aliphatic heterocycles. The monoisotopic (exact) mass is 793 g/mol. The molecule has 0 bridgehead atoms. The summed E-state index contributed by atoms with van der Waals surface area (Å²) in [7, 11) is 0. The molecule has 0 saturated heterocycles. The highest BCUT2D eigenvalue weighted by molar-refractivity contribution is 6.11. The number of furan rings is 2. The molecule has 62 heavy (non-hydrogen) atoms. The van der Waals surface area contributed by atoms with Crippen LogP contribution < -0.4 is 0 Å². The summed E-state index contributed by atoms with van der Waals surface area (Å²) in [6.07, 6.45) is 0. The lowest BCUT2D eigenvalue weighted by Crippen LogP contribution is -2.00. The van der Waals surface area contributed by atoms with E-state index >= 15 is 0 Å². The molecule has 3 aromatic heterocycles. The minimum atomic E-state index is 0.574. The minimum Gasteiger partial charge on any atom is -0.456 e. The van der Waals surface area contributed by atoms with Crippen LogP contribution in [0.5, 0.6) is 0 Å². The van der Waals surface area contributed by atoms with E-state index in [-0.39, 0.29) is 0 Å². The van der Waals surface area contributed by atoms with Gasteiger partial charge in [0, 0.05) is 38.2 Å². The van der Waals surface area contributed by atoms with Crippen molar-refractivity contribution in [2.45, 2.75) is 0 Å². The van der Waals surface area contributed by atoms with Crippen molar-refractivity contribution in [2.75, 3.05) is 0 Å². The first-order chi connectivity index (χ1) is 30.7. The Morgan fingerprint density at radius 3 is 0.871 bits per heavy atom. The van der Waals surface area contributed by atoms with Crippen LogP contribution in [0.3, 0.4) is 0 Å². The number of aromatic nitrogens is 3. The molecule has 0 radical (unpaired) electrons. The second-order valence-corrected chi connectivity index (χ2v) is 15.6. The van der Waals surface area contributed by atoms with Gasteiger partial charge in [-0.05, 0) is 105 Å². The van der Waals surface area contributed by atoms with E-state index in [1.165, 1.54) is 0 Å². The molecule has 0 N–H and O–H groups in total. The fraction of sp³-hybridized carbons (Fsp3) is 0. The van der Waals surface area contributed by atoms with E-state index < -0.39 is 0 Å². The maximum atomic E-state index is 6.56. The van der Waals surface area contributed by atoms with Gasteiger partial charge < -0.3 is 8.83 Å². The summed E-state index contributed by atoms with van der Waals surface area (Å²) in [6.45, 7) is 0. The van der Waals surface area contributed by atoms with Crippen LogP contribution in [0, 0.1) is 0 Å². The van der Waals surface area contributed by atoms with Gasteiger partial charge in [0.1, 0.15) is 22.3 Å². The molecule has 0 spiro atoms. The second kappa shape index (κ2) is 14.7. The third kappa shape index (κ3) is 6.23. The molecule has 5 heteroatoms. The van der Waals surface area contributed by atoms with Gasteiger partial charge >= 0.3 is 0 Å². The van der Waals surface area contributed by atoms with E-state index in [9.17, 15) is 0 Å². The number of hydrogen-bond acceptors (Lipinski definition) is 5. The minimum absolute atomic E-state index is 0.574. The number of benzene rings is 9. The van der Waals surface area contributed by atoms with Gasteiger partial charge in [0.05, 0.1) is 0 Å². The lowest BCUT2D eigenvalue weighted by Gasteiger charge is -2.11. The van der Waals surface area contributed by atoms with Crippen molar-refractivity contribution >= 4 is 43.9 Å². The zero-order valence-electron chi connectivity index (χ0n) is 33.4. The van der Waals surface area contributed by atoms with E-state index in [1.54, 1.807) is 0 Å². The number of nitrogens with zero attached hydrogens (tertiary/aromatic N) is 3. The fourth-order valence-corrected chi connectivity index (χ4v) is 8.70. The first kappa shape index (κ1) is 35.5. The van der Waals surface area contributed by atoms with Gasteiger partial charge in [-0.1, -0.05) is 152 Å². The van der Waals surface area contributed by atoms with Crippen LogP contribution in [0.25, 0.3) is 123 Å². The van der Waals surface area contributed by atoms with Crippen molar-refractivity contribution in [2.24, 2.45) is 0 Å². The standard InChI is InChI=1S/C57H35N3O2/c1-6-16-36(17-7-1)43-32-49-47-30-41(26-28-51(47)61-53(49)34-45(43)38-20-10-3-11-21-38)56-58-55(40-24-14-5-15-25-40)59-57(60-56)42-27-29-52-48(31-42)50-33-44(37-18-8-2-9-19-37)46(35-54(50)62-52)39-22-12-4-13-23-39/h1-35H. The van der Waals surface area contributed by atoms with Crippen LogP contribution in [0.1, 0.15) is 0 Å². The highest BCUT2D eigenvalue weighted by Crippen LogP contribution is 2.42. The predicted molar refractivity (Wildman–Crippen MR) is 252 cm³/mol. The molecule has 290 valence electrons. The molecule has 3 heterocycles. The molecule has 5 nitrogen and oxygen atoms in total. The molecule has 12 rings (SSSR count). The summed E-state index contributed by atoms with van der Waals surface area (Å²) < 4.78 is 13.1. The fourth-order valence-electron chi connectivity index (χ4n) is 8.70. The first-order valence-corrected chi connectivity index (χ1v) is 20.7. The van der Waals surface area contributed by atoms with Crippen LogP contribution in [-0.2, 0) is 0 Å². The smallest absolute Gasteiger partial charge is 0.164 e. The van der Waals surface area contributed by atoms with Crippen molar-refractivity contribution in [3.63, 3.8) is 0 Å². The Morgan fingerprint density at radius 1 is 0.226 bits per heavy atom. The molecule has 9 aromatic carbocycles. The summed E-state index contributed by atoms with van der Waals surface area (Å²) in [5.74, 6) is 1.74. The van der Waals surface area contributed by atoms with Crippen LogP contribution in [0.4, 0.5) is 0 Å². The van der Waals surface area contributed by atoms with Gasteiger partial charge in [-0.15, -0.1) is 0 Å². The van der Waals surface area contributed by atoms with Gasteiger partial charge in [-0.25, -0.2) is 15.0 Å². The molecular formula is C57H35N3O2. The van der Waals surface area contributed by atoms with Crippen molar-refractivity contribution in [3.05, 3.63) is 212 Å². The normalized spacial score (nSPS) is 11.5. The molecule has 12 aromatic rings. The highest BCUT2D eigenvalue weighted by Gasteiger charge is 2.20. The Bertz CT molecular complexity index is 3380. The van der Waals surface area contributed by atoms with E-state index in [4.69, 9.17) is 23.8 Å². The summed E-state index contributed by atoms with van der Waals surface area (Å²) in [6, 6.07) is 73.4. The van der Waals surface area contributed by atoms with Gasteiger partial charge in [0.25, 0.3) is 0 Å². The average molecular weight is 794 g/mol. The third-order valence-corrected chi connectivity index (χ3v) is 11.7. The molecule has 0 unspecified atom stereocenters. The van der Waals surface area contributed by atoms with Gasteiger partial charge in [-0.3, -0.25) is 0 Å². The van der Waals surface area contributed by atoms with Gasteiger partial charge in [0.15, 0.2) is 17.5 Å². The van der Waals surface area contributed by atoms with Gasteiger partial charge in [0.2, 0.25) is 0 Å².